The number of aromatic nitrogens is 2. The van der Waals surface area contributed by atoms with Crippen LogP contribution in [0.15, 0.2) is 36.7 Å². The zero-order chi connectivity index (χ0) is 14.4. The largest absolute Gasteiger partial charge is 0.494 e. The van der Waals surface area contributed by atoms with E-state index in [4.69, 9.17) is 4.74 Å². The minimum absolute atomic E-state index is 0.242. The number of hydrogen-bond donors (Lipinski definition) is 0. The van der Waals surface area contributed by atoms with Crippen molar-refractivity contribution in [2.75, 3.05) is 20.2 Å². The molecular weight excluding hydrogens is 257 g/mol. The molecule has 0 bridgehead atoms. The summed E-state index contributed by atoms with van der Waals surface area (Å²) in [5.74, 6) is 0.467. The van der Waals surface area contributed by atoms with E-state index in [1.165, 1.54) is 17.7 Å². The first-order chi connectivity index (χ1) is 9.63. The average molecular weight is 277 g/mol. The second kappa shape index (κ2) is 7.05. The molecule has 5 heteroatoms. The molecule has 1 aromatic carbocycles. The summed E-state index contributed by atoms with van der Waals surface area (Å²) >= 11 is 0. The maximum Gasteiger partial charge on any atom is 0.123 e. The van der Waals surface area contributed by atoms with Crippen LogP contribution in [0.2, 0.25) is 0 Å². The molecule has 0 amide bonds. The fourth-order valence-electron chi connectivity index (χ4n) is 2.00. The SMILES string of the molecule is CN(CCCOc1ccc(F)cc1)Cc1cnn(C)c1. The van der Waals surface area contributed by atoms with Crippen LogP contribution in [0.25, 0.3) is 0 Å². The minimum Gasteiger partial charge on any atom is -0.494 e. The Hall–Kier alpha value is -1.88. The molecule has 20 heavy (non-hydrogen) atoms. The molecule has 4 nitrogen and oxygen atoms in total. The van der Waals surface area contributed by atoms with Crippen molar-refractivity contribution in [1.29, 1.82) is 0 Å². The Labute approximate surface area is 118 Å². The number of halogens is 1. The smallest absolute Gasteiger partial charge is 0.123 e. The van der Waals surface area contributed by atoms with Crippen molar-refractivity contribution >= 4 is 0 Å². The number of aryl methyl sites for hydroxylation is 1. The predicted molar refractivity (Wildman–Crippen MR) is 76.1 cm³/mol. The van der Waals surface area contributed by atoms with Gasteiger partial charge in [-0.1, -0.05) is 0 Å². The highest BCUT2D eigenvalue weighted by atomic mass is 19.1. The standard InChI is InChI=1S/C15H20FN3O/c1-18(11-13-10-17-19(2)12-13)8-3-9-20-15-6-4-14(16)5-7-15/h4-7,10,12H,3,8-9,11H2,1-2H3. The van der Waals surface area contributed by atoms with E-state index in [1.807, 2.05) is 19.4 Å². The van der Waals surface area contributed by atoms with Gasteiger partial charge >= 0.3 is 0 Å². The average Bonchev–Trinajstić information content (AvgIpc) is 2.82. The molecule has 1 heterocycles. The maximum atomic E-state index is 12.7. The van der Waals surface area contributed by atoms with E-state index in [-0.39, 0.29) is 5.82 Å². The quantitative estimate of drug-likeness (QED) is 0.728. The molecule has 108 valence electrons. The lowest BCUT2D eigenvalue weighted by molar-refractivity contribution is 0.258. The molecule has 0 aliphatic rings. The molecule has 0 aliphatic heterocycles. The van der Waals surface area contributed by atoms with Crippen LogP contribution >= 0.6 is 0 Å². The Morgan fingerprint density at radius 3 is 2.70 bits per heavy atom. The third kappa shape index (κ3) is 4.66. The third-order valence-electron chi connectivity index (χ3n) is 2.98. The summed E-state index contributed by atoms with van der Waals surface area (Å²) in [6.07, 6.45) is 4.82. The molecule has 0 saturated carbocycles. The highest BCUT2D eigenvalue weighted by molar-refractivity contribution is 5.21. The highest BCUT2D eigenvalue weighted by Crippen LogP contribution is 2.11. The van der Waals surface area contributed by atoms with Gasteiger partial charge in [0.2, 0.25) is 0 Å². The van der Waals surface area contributed by atoms with Crippen LogP contribution in [-0.4, -0.2) is 34.9 Å². The van der Waals surface area contributed by atoms with Crippen LogP contribution in [0, 0.1) is 5.82 Å². The zero-order valence-electron chi connectivity index (χ0n) is 11.9. The first-order valence-electron chi connectivity index (χ1n) is 6.68. The summed E-state index contributed by atoms with van der Waals surface area (Å²) in [4.78, 5) is 2.23. The van der Waals surface area contributed by atoms with Gasteiger partial charge in [0.25, 0.3) is 0 Å². The van der Waals surface area contributed by atoms with Crippen LogP contribution in [0.3, 0.4) is 0 Å². The predicted octanol–water partition coefficient (Wildman–Crippen LogP) is 2.46. The van der Waals surface area contributed by atoms with Gasteiger partial charge in [-0.2, -0.15) is 5.10 Å². The second-order valence-electron chi connectivity index (χ2n) is 4.92. The molecular formula is C15H20FN3O. The first kappa shape index (κ1) is 14.5. The van der Waals surface area contributed by atoms with E-state index in [0.717, 1.165) is 19.5 Å². The molecule has 2 rings (SSSR count). The van der Waals surface area contributed by atoms with Crippen molar-refractivity contribution in [3.8, 4) is 5.75 Å². The normalized spacial score (nSPS) is 11.0. The van der Waals surface area contributed by atoms with Gasteiger partial charge < -0.3 is 9.64 Å². The molecule has 0 unspecified atom stereocenters. The van der Waals surface area contributed by atoms with Gasteiger partial charge in [0, 0.05) is 31.9 Å². The highest BCUT2D eigenvalue weighted by Gasteiger charge is 2.02. The Kier molecular flexibility index (Phi) is 5.12. The van der Waals surface area contributed by atoms with Crippen molar-refractivity contribution in [1.82, 2.24) is 14.7 Å². The minimum atomic E-state index is -0.242. The van der Waals surface area contributed by atoms with Crippen LogP contribution < -0.4 is 4.74 Å². The van der Waals surface area contributed by atoms with Crippen LogP contribution in [-0.2, 0) is 13.6 Å². The molecule has 0 fully saturated rings. The molecule has 0 N–H and O–H groups in total. The zero-order valence-corrected chi connectivity index (χ0v) is 11.9. The number of nitrogens with zero attached hydrogens (tertiary/aromatic N) is 3. The molecule has 0 radical (unpaired) electrons. The van der Waals surface area contributed by atoms with E-state index >= 15 is 0 Å². The monoisotopic (exact) mass is 277 g/mol. The van der Waals surface area contributed by atoms with Gasteiger partial charge in [0.05, 0.1) is 12.8 Å². The van der Waals surface area contributed by atoms with Gasteiger partial charge in [0.1, 0.15) is 11.6 Å². The maximum absolute atomic E-state index is 12.7. The Morgan fingerprint density at radius 2 is 2.05 bits per heavy atom. The number of hydrogen-bond acceptors (Lipinski definition) is 3. The fourth-order valence-corrected chi connectivity index (χ4v) is 2.00. The molecule has 0 spiro atoms. The molecule has 0 aliphatic carbocycles. The van der Waals surface area contributed by atoms with Gasteiger partial charge in [-0.15, -0.1) is 0 Å². The number of rotatable bonds is 7. The van der Waals surface area contributed by atoms with Crippen molar-refractivity contribution in [2.45, 2.75) is 13.0 Å². The summed E-state index contributed by atoms with van der Waals surface area (Å²) in [5.41, 5.74) is 1.20. The number of ether oxygens (including phenoxy) is 1. The number of benzene rings is 1. The van der Waals surface area contributed by atoms with Crippen molar-refractivity contribution in [2.24, 2.45) is 7.05 Å². The van der Waals surface area contributed by atoms with Crippen molar-refractivity contribution in [3.05, 3.63) is 48.0 Å². The Morgan fingerprint density at radius 1 is 1.30 bits per heavy atom. The van der Waals surface area contributed by atoms with E-state index < -0.39 is 0 Å². The second-order valence-corrected chi connectivity index (χ2v) is 4.92. The van der Waals surface area contributed by atoms with Crippen LogP contribution in [0.4, 0.5) is 4.39 Å². The molecule has 1 aromatic heterocycles. The lowest BCUT2D eigenvalue weighted by Gasteiger charge is -2.15. The van der Waals surface area contributed by atoms with E-state index in [2.05, 4.69) is 17.0 Å². The van der Waals surface area contributed by atoms with Gasteiger partial charge in [-0.05, 0) is 37.7 Å². The summed E-state index contributed by atoms with van der Waals surface area (Å²) in [6.45, 7) is 2.45. The lowest BCUT2D eigenvalue weighted by Crippen LogP contribution is -2.20. The van der Waals surface area contributed by atoms with Crippen LogP contribution in [0.1, 0.15) is 12.0 Å². The summed E-state index contributed by atoms with van der Waals surface area (Å²) in [6, 6.07) is 6.11. The topological polar surface area (TPSA) is 30.3 Å². The Bertz CT molecular complexity index is 524. The third-order valence-corrected chi connectivity index (χ3v) is 2.98. The lowest BCUT2D eigenvalue weighted by atomic mass is 10.3. The van der Waals surface area contributed by atoms with Crippen LogP contribution in [0.5, 0.6) is 5.75 Å². The molecule has 0 atom stereocenters. The van der Waals surface area contributed by atoms with Crippen molar-refractivity contribution in [3.63, 3.8) is 0 Å². The summed E-state index contributed by atoms with van der Waals surface area (Å²) < 4.78 is 20.1. The van der Waals surface area contributed by atoms with Gasteiger partial charge in [0.15, 0.2) is 0 Å². The van der Waals surface area contributed by atoms with E-state index in [9.17, 15) is 4.39 Å². The van der Waals surface area contributed by atoms with E-state index in [0.29, 0.717) is 12.4 Å². The molecule has 0 saturated heterocycles. The fraction of sp³-hybridized carbons (Fsp3) is 0.400. The van der Waals surface area contributed by atoms with E-state index in [1.54, 1.807) is 16.8 Å². The molecule has 2 aromatic rings. The van der Waals surface area contributed by atoms with Crippen molar-refractivity contribution < 1.29 is 9.13 Å². The van der Waals surface area contributed by atoms with Gasteiger partial charge in [-0.3, -0.25) is 4.68 Å². The Balaban J connectivity index is 1.64. The van der Waals surface area contributed by atoms with Gasteiger partial charge in [-0.25, -0.2) is 4.39 Å². The first-order valence-corrected chi connectivity index (χ1v) is 6.68. The summed E-state index contributed by atoms with van der Waals surface area (Å²) in [5, 5.41) is 4.15. The summed E-state index contributed by atoms with van der Waals surface area (Å²) in [7, 11) is 3.99.